The molecule has 8 heteroatoms. The van der Waals surface area contributed by atoms with E-state index in [2.05, 4.69) is 25.6 Å². The fourth-order valence-electron chi connectivity index (χ4n) is 1.90. The molecule has 0 aliphatic carbocycles. The molecule has 2 heterocycles. The van der Waals surface area contributed by atoms with E-state index in [1.54, 1.807) is 30.5 Å². The molecular weight excluding hydrogens is 335 g/mol. The summed E-state index contributed by atoms with van der Waals surface area (Å²) >= 11 is 12.0. The molecule has 0 saturated heterocycles. The minimum Gasteiger partial charge on any atom is -0.393 e. The standard InChI is InChI=1S/C15H12Cl2N6/c16-9-3-1-4-10(7-9)22-14-12(18)15(21-8-20-14)23-11-5-2-6-19-13(11)17/h1-8H,18H2,(H2,20,21,22,23). The molecule has 4 N–H and O–H groups in total. The van der Waals surface area contributed by atoms with Gasteiger partial charge in [-0.1, -0.05) is 29.3 Å². The highest BCUT2D eigenvalue weighted by molar-refractivity contribution is 6.32. The van der Waals surface area contributed by atoms with Crippen LogP contribution in [0.1, 0.15) is 0 Å². The van der Waals surface area contributed by atoms with Gasteiger partial charge in [0.05, 0.1) is 5.69 Å². The average molecular weight is 347 g/mol. The minimum atomic E-state index is 0.329. The van der Waals surface area contributed by atoms with Gasteiger partial charge in [0.1, 0.15) is 12.0 Å². The molecule has 3 rings (SSSR count). The van der Waals surface area contributed by atoms with Gasteiger partial charge in [0.15, 0.2) is 16.8 Å². The van der Waals surface area contributed by atoms with E-state index in [9.17, 15) is 0 Å². The highest BCUT2D eigenvalue weighted by atomic mass is 35.5. The smallest absolute Gasteiger partial charge is 0.159 e. The second kappa shape index (κ2) is 6.68. The van der Waals surface area contributed by atoms with Crippen LogP contribution in [0.5, 0.6) is 0 Å². The van der Waals surface area contributed by atoms with Crippen LogP contribution in [0.4, 0.5) is 28.7 Å². The number of anilines is 5. The first-order chi connectivity index (χ1) is 11.1. The number of hydrogen-bond donors (Lipinski definition) is 3. The maximum Gasteiger partial charge on any atom is 0.159 e. The van der Waals surface area contributed by atoms with Crippen molar-refractivity contribution >= 4 is 51.9 Å². The maximum absolute atomic E-state index is 6.12. The van der Waals surface area contributed by atoms with Crippen molar-refractivity contribution in [3.8, 4) is 0 Å². The number of benzene rings is 1. The molecule has 0 fully saturated rings. The Labute approximate surface area is 142 Å². The lowest BCUT2D eigenvalue weighted by Crippen LogP contribution is -2.05. The molecule has 0 radical (unpaired) electrons. The number of hydrogen-bond acceptors (Lipinski definition) is 6. The molecule has 3 aromatic rings. The summed E-state index contributed by atoms with van der Waals surface area (Å²) in [6, 6.07) is 10.8. The van der Waals surface area contributed by atoms with E-state index in [1.807, 2.05) is 12.1 Å². The van der Waals surface area contributed by atoms with Crippen LogP contribution < -0.4 is 16.4 Å². The Hall–Kier alpha value is -2.57. The zero-order valence-corrected chi connectivity index (χ0v) is 13.3. The predicted molar refractivity (Wildman–Crippen MR) is 93.7 cm³/mol. The summed E-state index contributed by atoms with van der Waals surface area (Å²) in [6.45, 7) is 0. The van der Waals surface area contributed by atoms with Crippen molar-refractivity contribution < 1.29 is 0 Å². The van der Waals surface area contributed by atoms with Gasteiger partial charge in [0.25, 0.3) is 0 Å². The first kappa shape index (κ1) is 15.3. The molecule has 0 aliphatic rings. The first-order valence-corrected chi connectivity index (χ1v) is 7.39. The van der Waals surface area contributed by atoms with Gasteiger partial charge in [-0.2, -0.15) is 0 Å². The zero-order valence-electron chi connectivity index (χ0n) is 11.8. The Balaban J connectivity index is 1.88. The van der Waals surface area contributed by atoms with Crippen molar-refractivity contribution in [3.05, 3.63) is 59.1 Å². The summed E-state index contributed by atoms with van der Waals surface area (Å²) in [7, 11) is 0. The van der Waals surface area contributed by atoms with E-state index in [0.29, 0.717) is 33.2 Å². The van der Waals surface area contributed by atoms with Gasteiger partial charge in [-0.15, -0.1) is 0 Å². The molecule has 0 atom stereocenters. The number of rotatable bonds is 4. The molecule has 0 unspecified atom stereocenters. The van der Waals surface area contributed by atoms with E-state index in [0.717, 1.165) is 5.69 Å². The predicted octanol–water partition coefficient (Wildman–Crippen LogP) is 4.25. The summed E-state index contributed by atoms with van der Waals surface area (Å²) in [5, 5.41) is 7.09. The van der Waals surface area contributed by atoms with Gasteiger partial charge >= 0.3 is 0 Å². The number of aromatic nitrogens is 3. The van der Waals surface area contributed by atoms with E-state index in [-0.39, 0.29) is 0 Å². The van der Waals surface area contributed by atoms with Crippen LogP contribution in [-0.4, -0.2) is 15.0 Å². The Bertz CT molecular complexity index is 840. The number of nitrogens with one attached hydrogen (secondary N) is 2. The summed E-state index contributed by atoms with van der Waals surface area (Å²) < 4.78 is 0. The lowest BCUT2D eigenvalue weighted by molar-refractivity contribution is 1.17. The van der Waals surface area contributed by atoms with E-state index < -0.39 is 0 Å². The van der Waals surface area contributed by atoms with Gasteiger partial charge < -0.3 is 16.4 Å². The summed E-state index contributed by atoms with van der Waals surface area (Å²) in [6.07, 6.45) is 3.00. The number of halogens is 2. The summed E-state index contributed by atoms with van der Waals surface area (Å²) in [5.41, 5.74) is 7.85. The normalized spacial score (nSPS) is 10.3. The SMILES string of the molecule is Nc1c(Nc2cccc(Cl)c2)ncnc1Nc1cccnc1Cl. The monoisotopic (exact) mass is 346 g/mol. The van der Waals surface area contributed by atoms with Crippen LogP contribution in [0, 0.1) is 0 Å². The van der Waals surface area contributed by atoms with E-state index >= 15 is 0 Å². The average Bonchev–Trinajstić information content (AvgIpc) is 2.53. The van der Waals surface area contributed by atoms with Gasteiger partial charge in [0, 0.05) is 16.9 Å². The number of nitrogens with zero attached hydrogens (tertiary/aromatic N) is 3. The fourth-order valence-corrected chi connectivity index (χ4v) is 2.26. The molecule has 116 valence electrons. The molecule has 2 aromatic heterocycles. The van der Waals surface area contributed by atoms with Gasteiger partial charge in [-0.25, -0.2) is 15.0 Å². The van der Waals surface area contributed by atoms with E-state index in [1.165, 1.54) is 6.33 Å². The Morgan fingerprint density at radius 2 is 1.70 bits per heavy atom. The van der Waals surface area contributed by atoms with Crippen LogP contribution in [0.15, 0.2) is 48.9 Å². The van der Waals surface area contributed by atoms with Crippen LogP contribution in [0.2, 0.25) is 10.2 Å². The quantitative estimate of drug-likeness (QED) is 0.612. The van der Waals surface area contributed by atoms with Crippen LogP contribution in [0.3, 0.4) is 0 Å². The highest BCUT2D eigenvalue weighted by Gasteiger charge is 2.10. The van der Waals surface area contributed by atoms with Crippen molar-refractivity contribution in [2.75, 3.05) is 16.4 Å². The lowest BCUT2D eigenvalue weighted by Gasteiger charge is -2.13. The first-order valence-electron chi connectivity index (χ1n) is 6.64. The van der Waals surface area contributed by atoms with Crippen molar-refractivity contribution in [2.45, 2.75) is 0 Å². The number of nitrogen functional groups attached to an aromatic ring is 1. The topological polar surface area (TPSA) is 88.8 Å². The van der Waals surface area contributed by atoms with Crippen LogP contribution >= 0.6 is 23.2 Å². The Kier molecular flexibility index (Phi) is 4.45. The highest BCUT2D eigenvalue weighted by Crippen LogP contribution is 2.30. The third-order valence-corrected chi connectivity index (χ3v) is 3.52. The molecule has 0 aliphatic heterocycles. The van der Waals surface area contributed by atoms with Crippen molar-refractivity contribution in [1.29, 1.82) is 0 Å². The van der Waals surface area contributed by atoms with Crippen molar-refractivity contribution in [2.24, 2.45) is 0 Å². The van der Waals surface area contributed by atoms with Gasteiger partial charge in [-0.05, 0) is 30.3 Å². The molecule has 0 spiro atoms. The van der Waals surface area contributed by atoms with Gasteiger partial charge in [-0.3, -0.25) is 0 Å². The summed E-state index contributed by atoms with van der Waals surface area (Å²) in [4.78, 5) is 12.3. The van der Waals surface area contributed by atoms with Crippen LogP contribution in [-0.2, 0) is 0 Å². The largest absolute Gasteiger partial charge is 0.393 e. The molecule has 1 aromatic carbocycles. The maximum atomic E-state index is 6.12. The Morgan fingerprint density at radius 3 is 2.43 bits per heavy atom. The second-order valence-corrected chi connectivity index (χ2v) is 5.38. The second-order valence-electron chi connectivity index (χ2n) is 4.59. The molecule has 6 nitrogen and oxygen atoms in total. The minimum absolute atomic E-state index is 0.329. The third-order valence-electron chi connectivity index (χ3n) is 2.98. The zero-order chi connectivity index (χ0) is 16.2. The van der Waals surface area contributed by atoms with Gasteiger partial charge in [0.2, 0.25) is 0 Å². The third kappa shape index (κ3) is 3.61. The number of pyridine rings is 1. The Morgan fingerprint density at radius 1 is 0.913 bits per heavy atom. The lowest BCUT2D eigenvalue weighted by atomic mass is 10.3. The van der Waals surface area contributed by atoms with Crippen molar-refractivity contribution in [3.63, 3.8) is 0 Å². The molecular formula is C15H12Cl2N6. The van der Waals surface area contributed by atoms with E-state index in [4.69, 9.17) is 28.9 Å². The fraction of sp³-hybridized carbons (Fsp3) is 0. The molecule has 0 saturated carbocycles. The molecule has 0 amide bonds. The van der Waals surface area contributed by atoms with Crippen molar-refractivity contribution in [1.82, 2.24) is 15.0 Å². The molecule has 23 heavy (non-hydrogen) atoms. The van der Waals surface area contributed by atoms with Crippen LogP contribution in [0.25, 0.3) is 0 Å². The molecule has 0 bridgehead atoms. The number of nitrogens with two attached hydrogens (primary N) is 1. The summed E-state index contributed by atoms with van der Waals surface area (Å²) in [5.74, 6) is 0.893.